The third-order valence-electron chi connectivity index (χ3n) is 5.03. The van der Waals surface area contributed by atoms with Crippen LogP contribution in [0.1, 0.15) is 47.0 Å². The van der Waals surface area contributed by atoms with E-state index in [4.69, 9.17) is 11.6 Å². The van der Waals surface area contributed by atoms with Crippen LogP contribution in [-0.2, 0) is 4.79 Å². The predicted octanol–water partition coefficient (Wildman–Crippen LogP) is 3.16. The lowest BCUT2D eigenvalue weighted by Crippen LogP contribution is -2.56. The van der Waals surface area contributed by atoms with Gasteiger partial charge in [-0.1, -0.05) is 43.6 Å². The van der Waals surface area contributed by atoms with Gasteiger partial charge in [-0.05, 0) is 26.7 Å². The van der Waals surface area contributed by atoms with Crippen LogP contribution in [0, 0.1) is 0 Å². The molecule has 10 heteroatoms. The van der Waals surface area contributed by atoms with Gasteiger partial charge >= 0.3 is 6.03 Å². The van der Waals surface area contributed by atoms with Crippen LogP contribution in [0.15, 0.2) is 11.2 Å². The molecule has 30 heavy (non-hydrogen) atoms. The summed E-state index contributed by atoms with van der Waals surface area (Å²) in [4.78, 5) is 37.2. The maximum absolute atomic E-state index is 12.4. The Morgan fingerprint density at radius 2 is 2.10 bits per heavy atom. The fourth-order valence-corrected chi connectivity index (χ4v) is 3.99. The summed E-state index contributed by atoms with van der Waals surface area (Å²) in [5.41, 5.74) is 0. The standard InChI is InChI=1S/C20H33ClN6O2S/c1-5-7-8-22-20(29)27-10-9-26(12-15(27)4)17-11-16(21)24-19(25-17)30-13-18(28)23-14(3)6-2/h11,14-15H,5-10,12-13H2,1-4H3,(H,22,29)(H,23,28). The van der Waals surface area contributed by atoms with Gasteiger partial charge in [-0.3, -0.25) is 4.79 Å². The van der Waals surface area contributed by atoms with Crippen LogP contribution in [0.25, 0.3) is 0 Å². The van der Waals surface area contributed by atoms with Gasteiger partial charge in [0.1, 0.15) is 11.0 Å². The highest BCUT2D eigenvalue weighted by Crippen LogP contribution is 2.24. The summed E-state index contributed by atoms with van der Waals surface area (Å²) >= 11 is 7.48. The van der Waals surface area contributed by atoms with Gasteiger partial charge in [0, 0.05) is 44.3 Å². The molecule has 2 N–H and O–H groups in total. The summed E-state index contributed by atoms with van der Waals surface area (Å²) in [6.07, 6.45) is 2.92. The SMILES string of the molecule is CCCCNC(=O)N1CCN(c2cc(Cl)nc(SCC(=O)NC(C)CC)n2)CC1C. The average Bonchev–Trinajstić information content (AvgIpc) is 2.71. The molecule has 1 saturated heterocycles. The molecule has 2 atom stereocenters. The van der Waals surface area contributed by atoms with Gasteiger partial charge in [0.05, 0.1) is 5.75 Å². The first-order valence-corrected chi connectivity index (χ1v) is 12.0. The fraction of sp³-hybridized carbons (Fsp3) is 0.700. The van der Waals surface area contributed by atoms with Crippen molar-refractivity contribution in [1.29, 1.82) is 0 Å². The van der Waals surface area contributed by atoms with Gasteiger partial charge in [0.2, 0.25) is 5.91 Å². The first-order valence-electron chi connectivity index (χ1n) is 10.6. The minimum absolute atomic E-state index is 0.0140. The van der Waals surface area contributed by atoms with E-state index in [1.54, 1.807) is 6.07 Å². The Labute approximate surface area is 188 Å². The number of halogens is 1. The van der Waals surface area contributed by atoms with Crippen LogP contribution in [0.5, 0.6) is 0 Å². The number of urea groups is 1. The maximum Gasteiger partial charge on any atom is 0.317 e. The van der Waals surface area contributed by atoms with Gasteiger partial charge in [0.15, 0.2) is 5.16 Å². The Morgan fingerprint density at radius 1 is 1.33 bits per heavy atom. The number of aromatic nitrogens is 2. The Bertz CT molecular complexity index is 723. The van der Waals surface area contributed by atoms with Gasteiger partial charge in [-0.25, -0.2) is 14.8 Å². The molecule has 1 aliphatic rings. The molecule has 0 aliphatic carbocycles. The molecule has 0 saturated carbocycles. The van der Waals surface area contributed by atoms with Crippen molar-refractivity contribution in [3.05, 3.63) is 11.2 Å². The third-order valence-corrected chi connectivity index (χ3v) is 6.07. The highest BCUT2D eigenvalue weighted by molar-refractivity contribution is 7.99. The van der Waals surface area contributed by atoms with E-state index in [0.29, 0.717) is 36.5 Å². The number of hydrogen-bond donors (Lipinski definition) is 2. The third kappa shape index (κ3) is 7.50. The van der Waals surface area contributed by atoms with E-state index in [-0.39, 0.29) is 29.8 Å². The van der Waals surface area contributed by atoms with Crippen LogP contribution in [0.4, 0.5) is 10.6 Å². The van der Waals surface area contributed by atoms with Crippen LogP contribution < -0.4 is 15.5 Å². The second-order valence-corrected chi connectivity index (χ2v) is 8.90. The largest absolute Gasteiger partial charge is 0.353 e. The number of anilines is 1. The molecule has 0 bridgehead atoms. The Morgan fingerprint density at radius 3 is 2.77 bits per heavy atom. The lowest BCUT2D eigenvalue weighted by molar-refractivity contribution is -0.119. The van der Waals surface area contributed by atoms with Gasteiger partial charge in [-0.2, -0.15) is 0 Å². The number of carbonyl (C=O) groups excluding carboxylic acids is 2. The summed E-state index contributed by atoms with van der Waals surface area (Å²) in [5, 5.41) is 6.73. The van der Waals surface area contributed by atoms with E-state index in [0.717, 1.165) is 25.1 Å². The monoisotopic (exact) mass is 456 g/mol. The average molecular weight is 457 g/mol. The minimum Gasteiger partial charge on any atom is -0.353 e. The van der Waals surface area contributed by atoms with Crippen LogP contribution >= 0.6 is 23.4 Å². The van der Waals surface area contributed by atoms with Crippen molar-refractivity contribution >= 4 is 41.1 Å². The zero-order chi connectivity index (χ0) is 22.1. The van der Waals surface area contributed by atoms with Crippen molar-refractivity contribution < 1.29 is 9.59 Å². The number of carbonyl (C=O) groups is 2. The molecule has 2 heterocycles. The zero-order valence-electron chi connectivity index (χ0n) is 18.3. The number of thioether (sulfide) groups is 1. The minimum atomic E-state index is -0.0456. The number of unbranched alkanes of at least 4 members (excludes halogenated alkanes) is 1. The molecule has 0 spiro atoms. The van der Waals surface area contributed by atoms with E-state index in [2.05, 4.69) is 32.4 Å². The summed E-state index contributed by atoms with van der Waals surface area (Å²) in [5.74, 6) is 0.917. The van der Waals surface area contributed by atoms with Crippen molar-refractivity contribution in [1.82, 2.24) is 25.5 Å². The molecule has 168 valence electrons. The first-order chi connectivity index (χ1) is 14.3. The maximum atomic E-state index is 12.4. The number of hydrogen-bond acceptors (Lipinski definition) is 6. The van der Waals surface area contributed by atoms with E-state index in [9.17, 15) is 9.59 Å². The summed E-state index contributed by atoms with van der Waals surface area (Å²) in [6.45, 7) is 10.8. The Kier molecular flexibility index (Phi) is 9.97. The molecule has 0 aromatic carbocycles. The Hall–Kier alpha value is -1.74. The molecule has 8 nitrogen and oxygen atoms in total. The zero-order valence-corrected chi connectivity index (χ0v) is 19.9. The number of rotatable bonds is 9. The summed E-state index contributed by atoms with van der Waals surface area (Å²) < 4.78 is 0. The normalized spacial score (nSPS) is 17.6. The van der Waals surface area contributed by atoms with Gasteiger partial charge in [0.25, 0.3) is 0 Å². The highest BCUT2D eigenvalue weighted by atomic mass is 35.5. The summed E-state index contributed by atoms with van der Waals surface area (Å²) in [6, 6.07) is 1.91. The smallest absolute Gasteiger partial charge is 0.317 e. The van der Waals surface area contributed by atoms with Crippen molar-refractivity contribution in [2.75, 3.05) is 36.8 Å². The van der Waals surface area contributed by atoms with Crippen LogP contribution in [0.3, 0.4) is 0 Å². The van der Waals surface area contributed by atoms with E-state index in [1.807, 2.05) is 25.7 Å². The topological polar surface area (TPSA) is 90.5 Å². The van der Waals surface area contributed by atoms with Crippen molar-refractivity contribution in [3.8, 4) is 0 Å². The molecule has 1 aromatic heterocycles. The fourth-order valence-electron chi connectivity index (χ4n) is 3.10. The number of nitrogens with one attached hydrogen (secondary N) is 2. The molecule has 1 aromatic rings. The number of nitrogens with zero attached hydrogens (tertiary/aromatic N) is 4. The van der Waals surface area contributed by atoms with Crippen molar-refractivity contribution in [3.63, 3.8) is 0 Å². The van der Waals surface area contributed by atoms with E-state index in [1.165, 1.54) is 11.8 Å². The summed E-state index contributed by atoms with van der Waals surface area (Å²) in [7, 11) is 0. The molecular weight excluding hydrogens is 424 g/mol. The quantitative estimate of drug-likeness (QED) is 0.257. The predicted molar refractivity (Wildman–Crippen MR) is 122 cm³/mol. The molecule has 0 radical (unpaired) electrons. The Balaban J connectivity index is 1.95. The van der Waals surface area contributed by atoms with Crippen LogP contribution in [-0.4, -0.2) is 70.8 Å². The molecule has 3 amide bonds. The lowest BCUT2D eigenvalue weighted by atomic mass is 10.2. The molecule has 2 rings (SSSR count). The van der Waals surface area contributed by atoms with Gasteiger partial charge in [-0.15, -0.1) is 0 Å². The van der Waals surface area contributed by atoms with Crippen molar-refractivity contribution in [2.45, 2.75) is 64.2 Å². The number of amides is 3. The highest BCUT2D eigenvalue weighted by Gasteiger charge is 2.28. The van der Waals surface area contributed by atoms with E-state index < -0.39 is 0 Å². The molecule has 1 fully saturated rings. The molecule has 2 unspecified atom stereocenters. The van der Waals surface area contributed by atoms with Crippen molar-refractivity contribution in [2.24, 2.45) is 0 Å². The van der Waals surface area contributed by atoms with E-state index >= 15 is 0 Å². The second-order valence-electron chi connectivity index (χ2n) is 7.57. The lowest BCUT2D eigenvalue weighted by Gasteiger charge is -2.40. The second kappa shape index (κ2) is 12.2. The molecular formula is C20H33ClN6O2S. The number of piperazine rings is 1. The van der Waals surface area contributed by atoms with Gasteiger partial charge < -0.3 is 20.4 Å². The molecule has 1 aliphatic heterocycles. The first kappa shape index (κ1) is 24.5. The van der Waals surface area contributed by atoms with Crippen LogP contribution in [0.2, 0.25) is 5.15 Å².